The molecule has 1 aromatic carbocycles. The second kappa shape index (κ2) is 5.75. The van der Waals surface area contributed by atoms with Crippen molar-refractivity contribution in [1.29, 1.82) is 5.26 Å². The molecule has 1 heterocycles. The Bertz CT molecular complexity index is 680. The molecule has 0 spiro atoms. The number of hydrogen-bond donors (Lipinski definition) is 0. The molecular formula is C13H6Cl3FN2. The Morgan fingerprint density at radius 1 is 1.21 bits per heavy atom. The average molecular weight is 316 g/mol. The Morgan fingerprint density at radius 2 is 1.89 bits per heavy atom. The maximum Gasteiger partial charge on any atom is 0.145 e. The van der Waals surface area contributed by atoms with Crippen LogP contribution in [0.1, 0.15) is 5.56 Å². The molecule has 0 saturated heterocycles. The Labute approximate surface area is 124 Å². The topological polar surface area (TPSA) is 36.7 Å². The molecule has 2 nitrogen and oxygen atoms in total. The third-order valence-electron chi connectivity index (χ3n) is 2.50. The molecule has 0 aliphatic heterocycles. The van der Waals surface area contributed by atoms with Gasteiger partial charge in [-0.2, -0.15) is 5.26 Å². The van der Waals surface area contributed by atoms with Crippen LogP contribution in [0.15, 0.2) is 24.4 Å². The molecule has 0 aliphatic carbocycles. The van der Waals surface area contributed by atoms with Crippen LogP contribution in [0.25, 0.3) is 11.3 Å². The molecule has 0 fully saturated rings. The lowest BCUT2D eigenvalue weighted by atomic mass is 10.1. The van der Waals surface area contributed by atoms with E-state index in [1.165, 1.54) is 6.07 Å². The maximum absolute atomic E-state index is 13.4. The van der Waals surface area contributed by atoms with Gasteiger partial charge in [-0.05, 0) is 18.2 Å². The summed E-state index contributed by atoms with van der Waals surface area (Å²) in [4.78, 5) is 3.94. The lowest BCUT2D eigenvalue weighted by Crippen LogP contribution is -1.94. The highest BCUT2D eigenvalue weighted by Gasteiger charge is 2.15. The Hall–Kier alpha value is -1.34. The highest BCUT2D eigenvalue weighted by atomic mass is 35.5. The van der Waals surface area contributed by atoms with E-state index in [0.717, 1.165) is 6.20 Å². The summed E-state index contributed by atoms with van der Waals surface area (Å²) in [5.41, 5.74) is 1.04. The van der Waals surface area contributed by atoms with Crippen LogP contribution in [0, 0.1) is 17.1 Å². The molecule has 2 aromatic rings. The molecule has 2 rings (SSSR count). The van der Waals surface area contributed by atoms with E-state index in [4.69, 9.17) is 40.1 Å². The summed E-state index contributed by atoms with van der Waals surface area (Å²) < 4.78 is 13.4. The normalized spacial score (nSPS) is 10.3. The van der Waals surface area contributed by atoms with Gasteiger partial charge in [-0.3, -0.25) is 4.98 Å². The van der Waals surface area contributed by atoms with Crippen LogP contribution in [0.3, 0.4) is 0 Å². The minimum Gasteiger partial charge on any atom is -0.253 e. The molecular weight excluding hydrogens is 310 g/mol. The lowest BCUT2D eigenvalue weighted by Gasteiger charge is -2.09. The quantitative estimate of drug-likeness (QED) is 0.738. The van der Waals surface area contributed by atoms with Gasteiger partial charge in [-0.1, -0.05) is 34.8 Å². The first kappa shape index (κ1) is 14.1. The van der Waals surface area contributed by atoms with Gasteiger partial charge >= 0.3 is 0 Å². The predicted molar refractivity (Wildman–Crippen MR) is 74.0 cm³/mol. The summed E-state index contributed by atoms with van der Waals surface area (Å²) in [5.74, 6) is -0.542. The average Bonchev–Trinajstić information content (AvgIpc) is 2.38. The first-order chi connectivity index (χ1) is 9.04. The van der Waals surface area contributed by atoms with E-state index >= 15 is 0 Å². The summed E-state index contributed by atoms with van der Waals surface area (Å²) in [5, 5.41) is 9.58. The lowest BCUT2D eigenvalue weighted by molar-refractivity contribution is 0.609. The summed E-state index contributed by atoms with van der Waals surface area (Å²) in [7, 11) is 0. The molecule has 96 valence electrons. The van der Waals surface area contributed by atoms with E-state index in [9.17, 15) is 4.39 Å². The van der Waals surface area contributed by atoms with E-state index in [-0.39, 0.29) is 17.0 Å². The second-order valence-electron chi connectivity index (χ2n) is 3.71. The molecule has 0 atom stereocenters. The summed E-state index contributed by atoms with van der Waals surface area (Å²) in [6, 6.07) is 6.48. The fourth-order valence-corrected chi connectivity index (χ4v) is 2.32. The van der Waals surface area contributed by atoms with Crippen molar-refractivity contribution in [2.45, 2.75) is 6.42 Å². The highest BCUT2D eigenvalue weighted by molar-refractivity contribution is 6.46. The van der Waals surface area contributed by atoms with Crippen molar-refractivity contribution in [3.63, 3.8) is 0 Å². The largest absolute Gasteiger partial charge is 0.253 e. The fraction of sp³-hybridized carbons (Fsp3) is 0.0769. The van der Waals surface area contributed by atoms with Gasteiger partial charge in [0.2, 0.25) is 0 Å². The Balaban J connectivity index is 2.63. The monoisotopic (exact) mass is 314 g/mol. The number of benzene rings is 1. The number of pyridine rings is 1. The minimum absolute atomic E-state index is 0.0584. The molecule has 0 aliphatic rings. The van der Waals surface area contributed by atoms with E-state index in [2.05, 4.69) is 4.98 Å². The molecule has 6 heteroatoms. The van der Waals surface area contributed by atoms with Crippen LogP contribution >= 0.6 is 34.8 Å². The van der Waals surface area contributed by atoms with Crippen molar-refractivity contribution in [2.75, 3.05) is 0 Å². The summed E-state index contributed by atoms with van der Waals surface area (Å²) in [6.07, 6.45) is 0.979. The Kier molecular flexibility index (Phi) is 4.26. The van der Waals surface area contributed by atoms with Gasteiger partial charge in [0.05, 0.1) is 39.4 Å². The minimum atomic E-state index is -0.542. The fourth-order valence-electron chi connectivity index (χ4n) is 1.60. The third-order valence-corrected chi connectivity index (χ3v) is 3.62. The van der Waals surface area contributed by atoms with Gasteiger partial charge in [0, 0.05) is 11.1 Å². The molecule has 1 aromatic heterocycles. The number of hydrogen-bond acceptors (Lipinski definition) is 2. The first-order valence-electron chi connectivity index (χ1n) is 5.20. The van der Waals surface area contributed by atoms with Gasteiger partial charge in [0.15, 0.2) is 0 Å². The zero-order chi connectivity index (χ0) is 14.0. The first-order valence-corrected chi connectivity index (χ1v) is 6.33. The van der Waals surface area contributed by atoms with Gasteiger partial charge in [-0.25, -0.2) is 4.39 Å². The van der Waals surface area contributed by atoms with Crippen LogP contribution < -0.4 is 0 Å². The SMILES string of the molecule is N#CCc1cc(-c2c(Cl)ccc(Cl)c2Cl)ncc1F. The maximum atomic E-state index is 13.4. The Morgan fingerprint density at radius 3 is 2.58 bits per heavy atom. The van der Waals surface area contributed by atoms with E-state index in [1.807, 2.05) is 6.07 Å². The molecule has 0 unspecified atom stereocenters. The van der Waals surface area contributed by atoms with Crippen molar-refractivity contribution >= 4 is 34.8 Å². The van der Waals surface area contributed by atoms with Crippen LogP contribution in [0.4, 0.5) is 4.39 Å². The molecule has 19 heavy (non-hydrogen) atoms. The van der Waals surface area contributed by atoms with Crippen molar-refractivity contribution < 1.29 is 4.39 Å². The number of halogens is 4. The summed E-state index contributed by atoms with van der Waals surface area (Å²) in [6.45, 7) is 0. The molecule has 0 saturated carbocycles. The zero-order valence-corrected chi connectivity index (χ0v) is 11.7. The van der Waals surface area contributed by atoms with Gasteiger partial charge in [0.25, 0.3) is 0 Å². The third kappa shape index (κ3) is 2.82. The van der Waals surface area contributed by atoms with Gasteiger partial charge < -0.3 is 0 Å². The molecule has 0 radical (unpaired) electrons. The summed E-state index contributed by atoms with van der Waals surface area (Å²) >= 11 is 18.1. The molecule has 0 amide bonds. The number of aromatic nitrogens is 1. The number of nitriles is 1. The highest BCUT2D eigenvalue weighted by Crippen LogP contribution is 2.38. The van der Waals surface area contributed by atoms with Crippen molar-refractivity contribution in [3.8, 4) is 17.3 Å². The smallest absolute Gasteiger partial charge is 0.145 e. The number of rotatable bonds is 2. The van der Waals surface area contributed by atoms with Crippen LogP contribution in [-0.4, -0.2) is 4.98 Å². The van der Waals surface area contributed by atoms with Gasteiger partial charge in [0.1, 0.15) is 5.82 Å². The molecule has 0 N–H and O–H groups in total. The van der Waals surface area contributed by atoms with Crippen LogP contribution in [0.2, 0.25) is 15.1 Å². The van der Waals surface area contributed by atoms with Crippen molar-refractivity contribution in [3.05, 3.63) is 50.8 Å². The zero-order valence-electron chi connectivity index (χ0n) is 9.42. The van der Waals surface area contributed by atoms with Crippen molar-refractivity contribution in [2.24, 2.45) is 0 Å². The van der Waals surface area contributed by atoms with E-state index in [0.29, 0.717) is 21.3 Å². The van der Waals surface area contributed by atoms with Crippen LogP contribution in [-0.2, 0) is 6.42 Å². The van der Waals surface area contributed by atoms with Crippen molar-refractivity contribution in [1.82, 2.24) is 4.98 Å². The number of nitrogens with zero attached hydrogens (tertiary/aromatic N) is 2. The molecule has 0 bridgehead atoms. The predicted octanol–water partition coefficient (Wildman–Crippen LogP) is 4.91. The van der Waals surface area contributed by atoms with Crippen LogP contribution in [0.5, 0.6) is 0 Å². The standard InChI is InChI=1S/C13H6Cl3FN2/c14-8-1-2-9(15)13(16)12(8)11-5-7(3-4-18)10(17)6-19-11/h1-2,5-6H,3H2. The second-order valence-corrected chi connectivity index (χ2v) is 4.91. The van der Waals surface area contributed by atoms with E-state index in [1.54, 1.807) is 12.1 Å². The van der Waals surface area contributed by atoms with Gasteiger partial charge in [-0.15, -0.1) is 0 Å². The van der Waals surface area contributed by atoms with E-state index < -0.39 is 5.82 Å².